The van der Waals surface area contributed by atoms with Crippen LogP contribution in [0.3, 0.4) is 0 Å². The molecule has 1 amide bonds. The molecule has 2 N–H and O–H groups in total. The summed E-state index contributed by atoms with van der Waals surface area (Å²) in [4.78, 5) is 37.8. The molecule has 1 saturated carbocycles. The Morgan fingerprint density at radius 1 is 1.32 bits per heavy atom. The van der Waals surface area contributed by atoms with Gasteiger partial charge in [0.2, 0.25) is 0 Å². The number of carbonyl (C=O) groups excluding carboxylic acids is 1. The van der Waals surface area contributed by atoms with Crippen molar-refractivity contribution in [2.24, 2.45) is 0 Å². The summed E-state index contributed by atoms with van der Waals surface area (Å²) >= 11 is 1.25. The lowest BCUT2D eigenvalue weighted by molar-refractivity contribution is -0.384. The molecule has 1 fully saturated rings. The lowest BCUT2D eigenvalue weighted by atomic mass is 9.74. The van der Waals surface area contributed by atoms with Gasteiger partial charge in [0, 0.05) is 23.1 Å². The molecule has 0 aliphatic heterocycles. The van der Waals surface area contributed by atoms with E-state index in [1.54, 1.807) is 17.5 Å². The van der Waals surface area contributed by atoms with Crippen molar-refractivity contribution in [3.8, 4) is 10.6 Å². The summed E-state index contributed by atoms with van der Waals surface area (Å²) in [7, 11) is 0. The number of carbonyl (C=O) groups is 2. The van der Waals surface area contributed by atoms with Crippen LogP contribution < -0.4 is 5.32 Å². The predicted octanol–water partition coefficient (Wildman–Crippen LogP) is 2.85. The largest absolute Gasteiger partial charge is 0.481 e. The summed E-state index contributed by atoms with van der Waals surface area (Å²) in [6.07, 6.45) is 2.07. The Balaban J connectivity index is 1.73. The van der Waals surface area contributed by atoms with Crippen molar-refractivity contribution in [3.05, 3.63) is 45.5 Å². The average molecular weight is 361 g/mol. The van der Waals surface area contributed by atoms with Crippen LogP contribution in [0.25, 0.3) is 10.6 Å². The van der Waals surface area contributed by atoms with E-state index >= 15 is 0 Å². The molecule has 130 valence electrons. The molecule has 8 nitrogen and oxygen atoms in total. The molecule has 1 aliphatic carbocycles. The van der Waals surface area contributed by atoms with Crippen molar-refractivity contribution in [1.82, 2.24) is 10.3 Å². The minimum Gasteiger partial charge on any atom is -0.481 e. The highest BCUT2D eigenvalue weighted by Crippen LogP contribution is 2.35. The number of nitrogens with zero attached hydrogens (tertiary/aromatic N) is 2. The van der Waals surface area contributed by atoms with Gasteiger partial charge in [-0.1, -0.05) is 0 Å². The quantitative estimate of drug-likeness (QED) is 0.602. The van der Waals surface area contributed by atoms with Gasteiger partial charge >= 0.3 is 5.97 Å². The number of rotatable bonds is 6. The van der Waals surface area contributed by atoms with E-state index in [-0.39, 0.29) is 17.8 Å². The summed E-state index contributed by atoms with van der Waals surface area (Å²) in [5.41, 5.74) is 0.201. The zero-order chi connectivity index (χ0) is 18.0. The second kappa shape index (κ2) is 6.60. The topological polar surface area (TPSA) is 122 Å². The van der Waals surface area contributed by atoms with Crippen molar-refractivity contribution >= 4 is 28.9 Å². The van der Waals surface area contributed by atoms with E-state index in [2.05, 4.69) is 10.3 Å². The molecule has 0 unspecified atom stereocenters. The third-order valence-electron chi connectivity index (χ3n) is 4.24. The molecule has 9 heteroatoms. The van der Waals surface area contributed by atoms with Crippen LogP contribution in [0, 0.1) is 10.1 Å². The van der Waals surface area contributed by atoms with Crippen molar-refractivity contribution in [2.75, 3.05) is 0 Å². The molecule has 0 saturated heterocycles. The van der Waals surface area contributed by atoms with E-state index in [1.165, 1.54) is 23.5 Å². The van der Waals surface area contributed by atoms with Crippen molar-refractivity contribution < 1.29 is 19.6 Å². The highest BCUT2D eigenvalue weighted by molar-refractivity contribution is 7.13. The first-order valence-corrected chi connectivity index (χ1v) is 8.51. The van der Waals surface area contributed by atoms with E-state index in [0.29, 0.717) is 23.4 Å². The fourth-order valence-corrected chi connectivity index (χ4v) is 3.59. The lowest BCUT2D eigenvalue weighted by Crippen LogP contribution is -2.54. The van der Waals surface area contributed by atoms with Crippen molar-refractivity contribution in [2.45, 2.75) is 31.2 Å². The molecule has 1 heterocycles. The third-order valence-corrected chi connectivity index (χ3v) is 5.13. The zero-order valence-corrected chi connectivity index (χ0v) is 13.9. The molecule has 3 rings (SSSR count). The Bertz CT molecular complexity index is 827. The van der Waals surface area contributed by atoms with Crippen molar-refractivity contribution in [3.63, 3.8) is 0 Å². The summed E-state index contributed by atoms with van der Waals surface area (Å²) in [6, 6.07) is 5.92. The number of non-ortho nitro benzene ring substituents is 1. The SMILES string of the molecule is O=C(O)CC1(NC(=O)c2csc(-c3ccc([N+](=O)[O-])cc3)n2)CCC1. The number of amides is 1. The number of nitro groups is 1. The van der Waals surface area contributed by atoms with Crippen LogP contribution in [0.2, 0.25) is 0 Å². The number of aliphatic carboxylic acids is 1. The van der Waals surface area contributed by atoms with E-state index in [1.807, 2.05) is 0 Å². The highest BCUT2D eigenvalue weighted by Gasteiger charge is 2.40. The average Bonchev–Trinajstić information content (AvgIpc) is 3.02. The number of thiazole rings is 1. The molecule has 1 aromatic heterocycles. The molecule has 0 bridgehead atoms. The Hall–Kier alpha value is -2.81. The summed E-state index contributed by atoms with van der Waals surface area (Å²) < 4.78 is 0. The van der Waals surface area contributed by atoms with Crippen LogP contribution in [0.4, 0.5) is 5.69 Å². The molecule has 0 atom stereocenters. The van der Waals surface area contributed by atoms with Gasteiger partial charge in [0.25, 0.3) is 11.6 Å². The van der Waals surface area contributed by atoms with E-state index < -0.39 is 22.3 Å². The molecule has 0 spiro atoms. The first-order valence-electron chi connectivity index (χ1n) is 7.63. The maximum absolute atomic E-state index is 12.4. The monoisotopic (exact) mass is 361 g/mol. The molecule has 1 aliphatic rings. The first kappa shape index (κ1) is 17.0. The van der Waals surface area contributed by atoms with Gasteiger partial charge in [0.05, 0.1) is 16.9 Å². The van der Waals surface area contributed by atoms with E-state index in [9.17, 15) is 19.7 Å². The molecule has 2 aromatic rings. The number of carboxylic acids is 1. The Morgan fingerprint density at radius 2 is 2.00 bits per heavy atom. The fraction of sp³-hybridized carbons (Fsp3) is 0.312. The molecule has 25 heavy (non-hydrogen) atoms. The number of hydrogen-bond donors (Lipinski definition) is 2. The van der Waals surface area contributed by atoms with Crippen LogP contribution in [-0.2, 0) is 4.79 Å². The standard InChI is InChI=1S/C16H15N3O5S/c20-13(21)8-16(6-1-7-16)18-14(22)12-9-25-15(17-12)10-2-4-11(5-3-10)19(23)24/h2-5,9H,1,6-8H2,(H,18,22)(H,20,21). The molecular weight excluding hydrogens is 346 g/mol. The van der Waals surface area contributed by atoms with Gasteiger partial charge in [-0.05, 0) is 31.4 Å². The van der Waals surface area contributed by atoms with Gasteiger partial charge in [0.15, 0.2) is 0 Å². The Morgan fingerprint density at radius 3 is 2.52 bits per heavy atom. The van der Waals surface area contributed by atoms with Crippen LogP contribution in [-0.4, -0.2) is 32.4 Å². The summed E-state index contributed by atoms with van der Waals surface area (Å²) in [5, 5.41) is 24.7. The molecule has 1 aromatic carbocycles. The third kappa shape index (κ3) is 3.66. The predicted molar refractivity (Wildman–Crippen MR) is 90.5 cm³/mol. The number of hydrogen-bond acceptors (Lipinski definition) is 6. The minimum absolute atomic E-state index is 0.0149. The Labute approximate surface area is 146 Å². The summed E-state index contributed by atoms with van der Waals surface area (Å²) in [6.45, 7) is 0. The molecular formula is C16H15N3O5S. The van der Waals surface area contributed by atoms with Crippen molar-refractivity contribution in [1.29, 1.82) is 0 Å². The van der Waals surface area contributed by atoms with Crippen LogP contribution >= 0.6 is 11.3 Å². The van der Waals surface area contributed by atoms with E-state index in [0.717, 1.165) is 6.42 Å². The number of benzene rings is 1. The Kier molecular flexibility index (Phi) is 4.49. The first-order chi connectivity index (χ1) is 11.9. The van der Waals surface area contributed by atoms with Gasteiger partial charge < -0.3 is 10.4 Å². The lowest BCUT2D eigenvalue weighted by Gasteiger charge is -2.41. The second-order valence-electron chi connectivity index (χ2n) is 6.00. The smallest absolute Gasteiger partial charge is 0.305 e. The van der Waals surface area contributed by atoms with E-state index in [4.69, 9.17) is 5.11 Å². The van der Waals surface area contributed by atoms with Crippen LogP contribution in [0.5, 0.6) is 0 Å². The fourth-order valence-electron chi connectivity index (χ4n) is 2.78. The normalized spacial score (nSPS) is 15.2. The van der Waals surface area contributed by atoms with Gasteiger partial charge in [-0.3, -0.25) is 19.7 Å². The number of aromatic nitrogens is 1. The second-order valence-corrected chi connectivity index (χ2v) is 6.86. The highest BCUT2D eigenvalue weighted by atomic mass is 32.1. The molecule has 0 radical (unpaired) electrons. The van der Waals surface area contributed by atoms with Gasteiger partial charge in [-0.25, -0.2) is 4.98 Å². The maximum atomic E-state index is 12.4. The zero-order valence-electron chi connectivity index (χ0n) is 13.1. The summed E-state index contributed by atoms with van der Waals surface area (Å²) in [5.74, 6) is -1.34. The maximum Gasteiger partial charge on any atom is 0.305 e. The minimum atomic E-state index is -0.940. The van der Waals surface area contributed by atoms with Gasteiger partial charge in [-0.2, -0.15) is 0 Å². The van der Waals surface area contributed by atoms with Crippen LogP contribution in [0.15, 0.2) is 29.6 Å². The number of carboxylic acid groups (broad SMARTS) is 1. The van der Waals surface area contributed by atoms with Crippen LogP contribution in [0.1, 0.15) is 36.2 Å². The number of nitrogens with one attached hydrogen (secondary N) is 1. The van der Waals surface area contributed by atoms with Gasteiger partial charge in [0.1, 0.15) is 10.7 Å². The number of nitro benzene ring substituents is 1. The van der Waals surface area contributed by atoms with Gasteiger partial charge in [-0.15, -0.1) is 11.3 Å².